The minimum absolute atomic E-state index is 0.0128. The number of nitrogens with one attached hydrogen (secondary N) is 3. The van der Waals surface area contributed by atoms with Gasteiger partial charge in [0.05, 0.1) is 19.2 Å². The van der Waals surface area contributed by atoms with Gasteiger partial charge in [-0.1, -0.05) is 6.07 Å². The highest BCUT2D eigenvalue weighted by Gasteiger charge is 2.07. The van der Waals surface area contributed by atoms with Crippen LogP contribution in [0.3, 0.4) is 0 Å². The minimum atomic E-state index is -0.396. The highest BCUT2D eigenvalue weighted by atomic mass is 16.5. The molecular formula is C14H16N4O4. The number of phenolic OH excluding ortho intramolecular Hbond substituents is 1. The van der Waals surface area contributed by atoms with E-state index in [9.17, 15) is 14.7 Å². The molecule has 0 bridgehead atoms. The normalized spacial score (nSPS) is 10.8. The summed E-state index contributed by atoms with van der Waals surface area (Å²) in [5.74, 6) is -0.0908. The van der Waals surface area contributed by atoms with Gasteiger partial charge in [0.25, 0.3) is 5.56 Å². The van der Waals surface area contributed by atoms with Gasteiger partial charge in [-0.3, -0.25) is 14.7 Å². The SMILES string of the molecule is CCOc1cccc(/C=N/NC(=O)Cc2cc(=O)[nH][nH]2)c1O. The number of ether oxygens (including phenoxy) is 1. The van der Waals surface area contributed by atoms with E-state index in [1.165, 1.54) is 12.3 Å². The lowest BCUT2D eigenvalue weighted by atomic mass is 10.2. The Morgan fingerprint density at radius 1 is 1.45 bits per heavy atom. The molecule has 4 N–H and O–H groups in total. The Kier molecular flexibility index (Phi) is 4.97. The molecule has 0 atom stereocenters. The minimum Gasteiger partial charge on any atom is -0.504 e. The Bertz CT molecular complexity index is 732. The third-order valence-electron chi connectivity index (χ3n) is 2.73. The summed E-state index contributed by atoms with van der Waals surface area (Å²) in [6.07, 6.45) is 1.30. The molecule has 2 aromatic rings. The number of rotatable bonds is 6. The number of benzene rings is 1. The molecule has 2 rings (SSSR count). The highest BCUT2D eigenvalue weighted by molar-refractivity contribution is 5.86. The number of aromatic hydroxyl groups is 1. The maximum absolute atomic E-state index is 11.6. The fourth-order valence-electron chi connectivity index (χ4n) is 1.77. The largest absolute Gasteiger partial charge is 0.504 e. The number of nitrogens with zero attached hydrogens (tertiary/aromatic N) is 1. The summed E-state index contributed by atoms with van der Waals surface area (Å²) in [5.41, 5.74) is 2.88. The number of H-pyrrole nitrogens is 2. The van der Waals surface area contributed by atoms with Crippen molar-refractivity contribution in [3.63, 3.8) is 0 Å². The smallest absolute Gasteiger partial charge is 0.264 e. The summed E-state index contributed by atoms with van der Waals surface area (Å²) >= 11 is 0. The van der Waals surface area contributed by atoms with E-state index in [2.05, 4.69) is 20.7 Å². The third-order valence-corrected chi connectivity index (χ3v) is 2.73. The summed E-state index contributed by atoms with van der Waals surface area (Å²) < 4.78 is 5.25. The van der Waals surface area contributed by atoms with Crippen LogP contribution in [-0.2, 0) is 11.2 Å². The number of aromatic amines is 2. The molecule has 116 valence electrons. The van der Waals surface area contributed by atoms with Crippen LogP contribution in [0.4, 0.5) is 0 Å². The van der Waals surface area contributed by atoms with Crippen molar-refractivity contribution in [3.05, 3.63) is 45.9 Å². The van der Waals surface area contributed by atoms with Crippen LogP contribution < -0.4 is 15.7 Å². The molecule has 0 saturated heterocycles. The van der Waals surface area contributed by atoms with Gasteiger partial charge in [-0.25, -0.2) is 5.43 Å². The fraction of sp³-hybridized carbons (Fsp3) is 0.214. The second-order valence-corrected chi connectivity index (χ2v) is 4.38. The Morgan fingerprint density at radius 3 is 2.95 bits per heavy atom. The molecule has 1 amide bonds. The number of hydrogen-bond acceptors (Lipinski definition) is 5. The number of amides is 1. The zero-order chi connectivity index (χ0) is 15.9. The summed E-state index contributed by atoms with van der Waals surface area (Å²) in [4.78, 5) is 22.5. The van der Waals surface area contributed by atoms with E-state index in [1.807, 2.05) is 6.92 Å². The van der Waals surface area contributed by atoms with Gasteiger partial charge < -0.3 is 14.9 Å². The molecule has 8 heteroatoms. The van der Waals surface area contributed by atoms with E-state index >= 15 is 0 Å². The number of para-hydroxylation sites is 1. The van der Waals surface area contributed by atoms with Crippen molar-refractivity contribution in [2.75, 3.05) is 6.61 Å². The Hall–Kier alpha value is -3.03. The molecule has 0 fully saturated rings. The molecule has 22 heavy (non-hydrogen) atoms. The second-order valence-electron chi connectivity index (χ2n) is 4.38. The van der Waals surface area contributed by atoms with Crippen LogP contribution in [0, 0.1) is 0 Å². The Morgan fingerprint density at radius 2 is 2.27 bits per heavy atom. The van der Waals surface area contributed by atoms with Gasteiger partial charge in [0.1, 0.15) is 0 Å². The molecule has 0 unspecified atom stereocenters. The first-order chi connectivity index (χ1) is 10.6. The lowest BCUT2D eigenvalue weighted by Gasteiger charge is -2.07. The van der Waals surface area contributed by atoms with Crippen molar-refractivity contribution in [2.24, 2.45) is 5.10 Å². The summed E-state index contributed by atoms with van der Waals surface area (Å²) in [6.45, 7) is 2.24. The van der Waals surface area contributed by atoms with Crippen LogP contribution in [-0.4, -0.2) is 34.0 Å². The zero-order valence-corrected chi connectivity index (χ0v) is 11.9. The molecular weight excluding hydrogens is 288 g/mol. The fourth-order valence-corrected chi connectivity index (χ4v) is 1.77. The molecule has 1 aromatic carbocycles. The van der Waals surface area contributed by atoms with Gasteiger partial charge in [-0.15, -0.1) is 0 Å². The molecule has 0 aliphatic heterocycles. The van der Waals surface area contributed by atoms with Crippen LogP contribution >= 0.6 is 0 Å². The van der Waals surface area contributed by atoms with Crippen LogP contribution in [0.1, 0.15) is 18.2 Å². The first-order valence-corrected chi connectivity index (χ1v) is 6.63. The standard InChI is InChI=1S/C14H16N4O4/c1-2-22-11-5-3-4-9(14(11)21)8-15-17-12(19)6-10-7-13(20)18-16-10/h3-5,7-8,21H,2,6H2,1H3,(H,17,19)(H2,16,18,20)/b15-8+. The molecule has 0 spiro atoms. The van der Waals surface area contributed by atoms with Crippen LogP contribution in [0.15, 0.2) is 34.2 Å². The Balaban J connectivity index is 1.96. The van der Waals surface area contributed by atoms with Gasteiger partial charge in [0, 0.05) is 17.3 Å². The predicted molar refractivity (Wildman–Crippen MR) is 80.1 cm³/mol. The molecule has 0 saturated carbocycles. The first kappa shape index (κ1) is 15.4. The van der Waals surface area contributed by atoms with Gasteiger partial charge in [0.2, 0.25) is 5.91 Å². The number of carbonyl (C=O) groups is 1. The molecule has 0 aliphatic carbocycles. The topological polar surface area (TPSA) is 120 Å². The molecule has 1 aromatic heterocycles. The van der Waals surface area contributed by atoms with Crippen molar-refractivity contribution in [2.45, 2.75) is 13.3 Å². The molecule has 0 aliphatic rings. The quantitative estimate of drug-likeness (QED) is 0.459. The lowest BCUT2D eigenvalue weighted by Crippen LogP contribution is -2.20. The summed E-state index contributed by atoms with van der Waals surface area (Å²) in [6, 6.07) is 6.27. The van der Waals surface area contributed by atoms with Gasteiger partial charge in [-0.05, 0) is 19.1 Å². The molecule has 1 heterocycles. The van der Waals surface area contributed by atoms with Crippen molar-refractivity contribution in [3.8, 4) is 11.5 Å². The van der Waals surface area contributed by atoms with Crippen LogP contribution in [0.2, 0.25) is 0 Å². The number of phenols is 1. The maximum Gasteiger partial charge on any atom is 0.264 e. The molecule has 8 nitrogen and oxygen atoms in total. The van der Waals surface area contributed by atoms with E-state index in [-0.39, 0.29) is 17.7 Å². The maximum atomic E-state index is 11.6. The molecule has 0 radical (unpaired) electrons. The predicted octanol–water partition coefficient (Wildman–Crippen LogP) is 0.500. The van der Waals surface area contributed by atoms with E-state index in [0.29, 0.717) is 23.6 Å². The second kappa shape index (κ2) is 7.11. The summed E-state index contributed by atoms with van der Waals surface area (Å²) in [5, 5.41) is 18.6. The van der Waals surface area contributed by atoms with Gasteiger partial charge >= 0.3 is 0 Å². The van der Waals surface area contributed by atoms with Crippen LogP contribution in [0.5, 0.6) is 11.5 Å². The van der Waals surface area contributed by atoms with E-state index in [4.69, 9.17) is 4.74 Å². The average molecular weight is 304 g/mol. The summed E-state index contributed by atoms with van der Waals surface area (Å²) in [7, 11) is 0. The van der Waals surface area contributed by atoms with Crippen LogP contribution in [0.25, 0.3) is 0 Å². The van der Waals surface area contributed by atoms with Gasteiger partial charge in [-0.2, -0.15) is 5.10 Å². The highest BCUT2D eigenvalue weighted by Crippen LogP contribution is 2.28. The number of hydrazone groups is 1. The Labute approximate surface area is 125 Å². The average Bonchev–Trinajstić information content (AvgIpc) is 2.88. The van der Waals surface area contributed by atoms with Crippen molar-refractivity contribution in [1.82, 2.24) is 15.6 Å². The zero-order valence-electron chi connectivity index (χ0n) is 11.9. The van der Waals surface area contributed by atoms with E-state index in [1.54, 1.807) is 18.2 Å². The third kappa shape index (κ3) is 3.98. The lowest BCUT2D eigenvalue weighted by molar-refractivity contribution is -0.120. The van der Waals surface area contributed by atoms with Crippen molar-refractivity contribution >= 4 is 12.1 Å². The monoisotopic (exact) mass is 304 g/mol. The number of hydrogen-bond donors (Lipinski definition) is 4. The van der Waals surface area contributed by atoms with Gasteiger partial charge in [0.15, 0.2) is 11.5 Å². The number of aromatic nitrogens is 2. The van der Waals surface area contributed by atoms with Crippen molar-refractivity contribution in [1.29, 1.82) is 0 Å². The number of carbonyl (C=O) groups excluding carboxylic acids is 1. The van der Waals surface area contributed by atoms with Crippen molar-refractivity contribution < 1.29 is 14.6 Å². The first-order valence-electron chi connectivity index (χ1n) is 6.63. The van der Waals surface area contributed by atoms with E-state index < -0.39 is 5.91 Å². The van der Waals surface area contributed by atoms with E-state index in [0.717, 1.165) is 0 Å².